The highest BCUT2D eigenvalue weighted by molar-refractivity contribution is 6.06. The molecule has 0 aliphatic rings. The summed E-state index contributed by atoms with van der Waals surface area (Å²) in [5.74, 6) is -1.33. The first-order chi connectivity index (χ1) is 7.41. The van der Waals surface area contributed by atoms with E-state index >= 15 is 0 Å². The van der Waals surface area contributed by atoms with Gasteiger partial charge in [0.1, 0.15) is 11.5 Å². The topological polar surface area (TPSA) is 66.4 Å². The molecule has 1 atom stereocenters. The molecule has 0 bridgehead atoms. The minimum Gasteiger partial charge on any atom is -0.506 e. The number of rotatable bonds is 3. The van der Waals surface area contributed by atoms with Gasteiger partial charge in [0.2, 0.25) is 5.91 Å². The van der Waals surface area contributed by atoms with E-state index in [2.05, 4.69) is 5.32 Å². The number of anilines is 1. The minimum atomic E-state index is -0.708. The number of benzene rings is 1. The summed E-state index contributed by atoms with van der Waals surface area (Å²) in [4.78, 5) is 22.6. The molecule has 2 N–H and O–H groups in total. The van der Waals surface area contributed by atoms with Gasteiger partial charge in [0.25, 0.3) is 0 Å². The molecule has 1 aromatic carbocycles. The van der Waals surface area contributed by atoms with Gasteiger partial charge in [-0.2, -0.15) is 0 Å². The Morgan fingerprint density at radius 1 is 1.38 bits per heavy atom. The van der Waals surface area contributed by atoms with Gasteiger partial charge in [-0.3, -0.25) is 9.59 Å². The molecule has 1 unspecified atom stereocenters. The van der Waals surface area contributed by atoms with E-state index in [1.54, 1.807) is 12.1 Å². The van der Waals surface area contributed by atoms with Gasteiger partial charge in [0, 0.05) is 0 Å². The van der Waals surface area contributed by atoms with E-state index in [0.29, 0.717) is 5.69 Å². The molecule has 4 nitrogen and oxygen atoms in total. The van der Waals surface area contributed by atoms with Crippen LogP contribution in [-0.4, -0.2) is 16.8 Å². The lowest BCUT2D eigenvalue weighted by Crippen LogP contribution is -2.25. The summed E-state index contributed by atoms with van der Waals surface area (Å²) in [6.45, 7) is 4.74. The molecule has 1 amide bonds. The Balaban J connectivity index is 2.84. The second-order valence-corrected chi connectivity index (χ2v) is 3.84. The second kappa shape index (κ2) is 4.79. The fourth-order valence-electron chi connectivity index (χ4n) is 1.18. The molecule has 1 rings (SSSR count). The van der Waals surface area contributed by atoms with Crippen LogP contribution >= 0.6 is 0 Å². The summed E-state index contributed by atoms with van der Waals surface area (Å²) in [5.41, 5.74) is 1.25. The summed E-state index contributed by atoms with van der Waals surface area (Å²) in [6.07, 6.45) is 0. The number of hydrogen-bond donors (Lipinski definition) is 2. The number of carbonyl (C=O) groups is 2. The van der Waals surface area contributed by atoms with Crippen molar-refractivity contribution in [2.45, 2.75) is 20.8 Å². The molecule has 0 spiro atoms. The number of amides is 1. The highest BCUT2D eigenvalue weighted by Gasteiger charge is 2.18. The number of aromatic hydroxyl groups is 1. The third-order valence-corrected chi connectivity index (χ3v) is 2.41. The fourth-order valence-corrected chi connectivity index (χ4v) is 1.18. The standard InChI is InChI=1S/C12H15NO3/c1-7-4-5-11(15)10(6-7)13-12(16)8(2)9(3)14/h4-6,8,15H,1-3H3,(H,13,16). The van der Waals surface area contributed by atoms with E-state index in [-0.39, 0.29) is 11.5 Å². The monoisotopic (exact) mass is 221 g/mol. The number of carbonyl (C=O) groups excluding carboxylic acids is 2. The molecular weight excluding hydrogens is 206 g/mol. The molecule has 86 valence electrons. The molecule has 0 aromatic heterocycles. The van der Waals surface area contributed by atoms with E-state index < -0.39 is 11.8 Å². The summed E-state index contributed by atoms with van der Waals surface area (Å²) >= 11 is 0. The van der Waals surface area contributed by atoms with E-state index in [1.807, 2.05) is 6.92 Å². The molecule has 4 heteroatoms. The largest absolute Gasteiger partial charge is 0.506 e. The van der Waals surface area contributed by atoms with Gasteiger partial charge in [0.15, 0.2) is 0 Å². The summed E-state index contributed by atoms with van der Waals surface area (Å²) in [7, 11) is 0. The first-order valence-electron chi connectivity index (χ1n) is 5.02. The third-order valence-electron chi connectivity index (χ3n) is 2.41. The maximum absolute atomic E-state index is 11.6. The van der Waals surface area contributed by atoms with Crippen LogP contribution in [0.25, 0.3) is 0 Å². The summed E-state index contributed by atoms with van der Waals surface area (Å²) in [6, 6.07) is 4.89. The van der Waals surface area contributed by atoms with E-state index in [1.165, 1.54) is 19.9 Å². The van der Waals surface area contributed by atoms with Gasteiger partial charge in [-0.1, -0.05) is 6.07 Å². The number of ketones is 1. The van der Waals surface area contributed by atoms with Crippen molar-refractivity contribution in [1.29, 1.82) is 0 Å². The van der Waals surface area contributed by atoms with Gasteiger partial charge in [-0.15, -0.1) is 0 Å². The SMILES string of the molecule is CC(=O)C(C)C(=O)Nc1cc(C)ccc1O. The van der Waals surface area contributed by atoms with Crippen molar-refractivity contribution in [3.8, 4) is 5.75 Å². The van der Waals surface area contributed by atoms with Crippen molar-refractivity contribution in [3.05, 3.63) is 23.8 Å². The highest BCUT2D eigenvalue weighted by Crippen LogP contribution is 2.24. The predicted octanol–water partition coefficient (Wildman–Crippen LogP) is 1.86. The molecule has 0 heterocycles. The number of hydrogen-bond acceptors (Lipinski definition) is 3. The van der Waals surface area contributed by atoms with Crippen molar-refractivity contribution >= 4 is 17.4 Å². The van der Waals surface area contributed by atoms with Crippen molar-refractivity contribution in [1.82, 2.24) is 0 Å². The number of aryl methyl sites for hydroxylation is 1. The van der Waals surface area contributed by atoms with Gasteiger partial charge in [-0.05, 0) is 38.5 Å². The Hall–Kier alpha value is -1.84. The first-order valence-corrected chi connectivity index (χ1v) is 5.02. The van der Waals surface area contributed by atoms with Crippen LogP contribution in [0.2, 0.25) is 0 Å². The maximum atomic E-state index is 11.6. The molecule has 0 fully saturated rings. The lowest BCUT2D eigenvalue weighted by molar-refractivity contribution is -0.129. The van der Waals surface area contributed by atoms with E-state index in [4.69, 9.17) is 0 Å². The smallest absolute Gasteiger partial charge is 0.234 e. The third kappa shape index (κ3) is 2.82. The van der Waals surface area contributed by atoms with Crippen LogP contribution in [-0.2, 0) is 9.59 Å². The summed E-state index contributed by atoms with van der Waals surface area (Å²) in [5, 5.41) is 12.0. The molecule has 0 aliphatic heterocycles. The zero-order valence-electron chi connectivity index (χ0n) is 9.57. The van der Waals surface area contributed by atoms with Crippen molar-refractivity contribution in [2.75, 3.05) is 5.32 Å². The molecule has 0 aliphatic carbocycles. The van der Waals surface area contributed by atoms with Crippen LogP contribution in [0.3, 0.4) is 0 Å². The van der Waals surface area contributed by atoms with Crippen LogP contribution in [0.15, 0.2) is 18.2 Å². The number of nitrogens with one attached hydrogen (secondary N) is 1. The second-order valence-electron chi connectivity index (χ2n) is 3.84. The molecule has 0 saturated carbocycles. The van der Waals surface area contributed by atoms with Gasteiger partial charge >= 0.3 is 0 Å². The van der Waals surface area contributed by atoms with Crippen LogP contribution in [0.5, 0.6) is 5.75 Å². The number of phenolic OH excluding ortho intramolecular Hbond substituents is 1. The Bertz CT molecular complexity index is 426. The fraction of sp³-hybridized carbons (Fsp3) is 0.333. The van der Waals surface area contributed by atoms with Crippen LogP contribution < -0.4 is 5.32 Å². The first kappa shape index (κ1) is 12.2. The van der Waals surface area contributed by atoms with Crippen LogP contribution in [0.4, 0.5) is 5.69 Å². The summed E-state index contributed by atoms with van der Waals surface area (Å²) < 4.78 is 0. The zero-order valence-corrected chi connectivity index (χ0v) is 9.57. The van der Waals surface area contributed by atoms with Crippen LogP contribution in [0, 0.1) is 12.8 Å². The van der Waals surface area contributed by atoms with Gasteiger partial charge < -0.3 is 10.4 Å². The molecule has 1 aromatic rings. The molecule has 0 saturated heterocycles. The Morgan fingerprint density at radius 3 is 2.56 bits per heavy atom. The maximum Gasteiger partial charge on any atom is 0.234 e. The predicted molar refractivity (Wildman–Crippen MR) is 61.3 cm³/mol. The Labute approximate surface area is 94.3 Å². The Kier molecular flexibility index (Phi) is 3.66. The molecular formula is C12H15NO3. The zero-order chi connectivity index (χ0) is 12.3. The molecule has 0 radical (unpaired) electrons. The quantitative estimate of drug-likeness (QED) is 0.604. The van der Waals surface area contributed by atoms with Crippen LogP contribution in [0.1, 0.15) is 19.4 Å². The minimum absolute atomic E-state index is 0.00491. The van der Waals surface area contributed by atoms with Gasteiger partial charge in [-0.25, -0.2) is 0 Å². The highest BCUT2D eigenvalue weighted by atomic mass is 16.3. The van der Waals surface area contributed by atoms with Gasteiger partial charge in [0.05, 0.1) is 11.6 Å². The number of Topliss-reactive ketones (excluding diaryl/α,β-unsaturated/α-hetero) is 1. The molecule has 16 heavy (non-hydrogen) atoms. The average molecular weight is 221 g/mol. The van der Waals surface area contributed by atoms with E-state index in [9.17, 15) is 14.7 Å². The van der Waals surface area contributed by atoms with Crippen molar-refractivity contribution in [3.63, 3.8) is 0 Å². The lowest BCUT2D eigenvalue weighted by atomic mass is 10.1. The van der Waals surface area contributed by atoms with Crippen molar-refractivity contribution < 1.29 is 14.7 Å². The van der Waals surface area contributed by atoms with E-state index in [0.717, 1.165) is 5.56 Å². The lowest BCUT2D eigenvalue weighted by Gasteiger charge is -2.11. The normalized spacial score (nSPS) is 11.9. The number of phenols is 1. The Morgan fingerprint density at radius 2 is 2.00 bits per heavy atom. The van der Waals surface area contributed by atoms with Crippen molar-refractivity contribution in [2.24, 2.45) is 5.92 Å². The average Bonchev–Trinajstić information content (AvgIpc) is 2.22.